The molecule has 39 heavy (non-hydrogen) atoms. The van der Waals surface area contributed by atoms with Crippen molar-refractivity contribution in [3.63, 3.8) is 0 Å². The van der Waals surface area contributed by atoms with Crippen LogP contribution in [0.25, 0.3) is 0 Å². The molecule has 0 spiro atoms. The molecule has 0 unspecified atom stereocenters. The molecule has 0 saturated carbocycles. The van der Waals surface area contributed by atoms with Crippen molar-refractivity contribution in [1.82, 2.24) is 4.72 Å². The van der Waals surface area contributed by atoms with E-state index in [1.165, 1.54) is 10.6 Å². The van der Waals surface area contributed by atoms with E-state index in [0.717, 1.165) is 17.5 Å². The number of nitrogens with one attached hydrogen (secondary N) is 1. The van der Waals surface area contributed by atoms with E-state index in [1.807, 2.05) is 20.8 Å². The summed E-state index contributed by atoms with van der Waals surface area (Å²) >= 11 is 0. The minimum absolute atomic E-state index is 0.133. The second-order valence-corrected chi connectivity index (χ2v) is 21.9. The fourth-order valence-corrected chi connectivity index (χ4v) is 14.3. The maximum Gasteiger partial charge on any atom is 0.258 e. The zero-order chi connectivity index (χ0) is 28.8. The van der Waals surface area contributed by atoms with Crippen molar-refractivity contribution < 1.29 is 8.63 Å². The minimum Gasteiger partial charge on any atom is -0.542 e. The van der Waals surface area contributed by atoms with Gasteiger partial charge in [-0.3, -0.25) is 0 Å². The average molecular weight is 582 g/mol. The van der Waals surface area contributed by atoms with Gasteiger partial charge in [0, 0.05) is 5.56 Å². The van der Waals surface area contributed by atoms with Crippen LogP contribution in [-0.2, 0) is 11.0 Å². The standard InChI is InChI=1S/C33H48NO2PSSi/c1-25(2)39(26(3)4,27(5)6)36-32-23-17-16-22-30(32)31(34-38(35)33(7,8)9)24-37(28-18-12-10-13-19-28)29-20-14-11-15-21-29/h10-23,25-27,31,34H,24H2,1-9H3/t31-,38+/m0/s1. The molecule has 2 atom stereocenters. The van der Waals surface area contributed by atoms with E-state index in [4.69, 9.17) is 4.43 Å². The van der Waals surface area contributed by atoms with Gasteiger partial charge in [0.25, 0.3) is 8.32 Å². The normalized spacial score (nSPS) is 14.3. The van der Waals surface area contributed by atoms with Crippen molar-refractivity contribution in [3.8, 4) is 5.75 Å². The number of para-hydroxylation sites is 1. The molecule has 0 heterocycles. The molecule has 0 fully saturated rings. The van der Waals surface area contributed by atoms with E-state index < -0.39 is 27.2 Å². The van der Waals surface area contributed by atoms with Gasteiger partial charge in [-0.1, -0.05) is 120 Å². The smallest absolute Gasteiger partial charge is 0.258 e. The summed E-state index contributed by atoms with van der Waals surface area (Å²) in [5.41, 5.74) is 2.50. The van der Waals surface area contributed by atoms with Crippen molar-refractivity contribution in [3.05, 3.63) is 90.5 Å². The first kappa shape index (κ1) is 31.7. The van der Waals surface area contributed by atoms with Crippen LogP contribution in [0.3, 0.4) is 0 Å². The third-order valence-corrected chi connectivity index (χ3v) is 17.8. The molecule has 0 aliphatic heterocycles. The first-order chi connectivity index (χ1) is 18.4. The number of rotatable bonds is 12. The van der Waals surface area contributed by atoms with Crippen molar-refractivity contribution >= 4 is 37.8 Å². The summed E-state index contributed by atoms with van der Waals surface area (Å²) in [7, 11) is -4.13. The molecule has 3 nitrogen and oxygen atoms in total. The first-order valence-corrected chi connectivity index (χ1v) is 19.0. The largest absolute Gasteiger partial charge is 0.542 e. The van der Waals surface area contributed by atoms with Crippen LogP contribution in [0.4, 0.5) is 0 Å². The van der Waals surface area contributed by atoms with E-state index in [-0.39, 0.29) is 10.8 Å². The van der Waals surface area contributed by atoms with Gasteiger partial charge in [-0.2, -0.15) is 0 Å². The molecular formula is C33H48NO2PSSi. The van der Waals surface area contributed by atoms with Gasteiger partial charge >= 0.3 is 0 Å². The maximum absolute atomic E-state index is 13.6. The zero-order valence-corrected chi connectivity index (χ0v) is 28.0. The molecule has 0 amide bonds. The molecule has 0 aliphatic carbocycles. The van der Waals surface area contributed by atoms with Gasteiger partial charge in [0.2, 0.25) is 0 Å². The predicted octanol–water partition coefficient (Wildman–Crippen LogP) is 8.47. The topological polar surface area (TPSA) is 38.3 Å². The van der Waals surface area contributed by atoms with Gasteiger partial charge in [0.1, 0.15) is 5.75 Å². The third kappa shape index (κ3) is 7.70. The lowest BCUT2D eigenvalue weighted by molar-refractivity contribution is 0.469. The van der Waals surface area contributed by atoms with Crippen molar-refractivity contribution in [2.45, 2.75) is 89.7 Å². The lowest BCUT2D eigenvalue weighted by Crippen LogP contribution is -2.51. The van der Waals surface area contributed by atoms with Gasteiger partial charge in [-0.25, -0.2) is 8.93 Å². The molecule has 0 radical (unpaired) electrons. The third-order valence-electron chi connectivity index (χ3n) is 7.59. The molecule has 6 heteroatoms. The van der Waals surface area contributed by atoms with Gasteiger partial charge in [-0.15, -0.1) is 0 Å². The van der Waals surface area contributed by atoms with Crippen molar-refractivity contribution in [2.75, 3.05) is 6.16 Å². The summed E-state index contributed by atoms with van der Waals surface area (Å²) in [5, 5.41) is 2.64. The predicted molar refractivity (Wildman–Crippen MR) is 176 cm³/mol. The van der Waals surface area contributed by atoms with Crippen LogP contribution in [0.1, 0.15) is 73.9 Å². The van der Waals surface area contributed by atoms with Gasteiger partial charge in [0.15, 0.2) is 0 Å². The maximum atomic E-state index is 13.6. The van der Waals surface area contributed by atoms with E-state index >= 15 is 0 Å². The SMILES string of the molecule is CC(C)[Si](Oc1ccccc1[C@H](CP(c1ccccc1)c1ccccc1)N[S@](=O)C(C)(C)C)(C(C)C)C(C)C. The molecule has 212 valence electrons. The summed E-state index contributed by atoms with van der Waals surface area (Å²) in [6.45, 7) is 20.0. The Hall–Kier alpha value is -1.78. The quantitative estimate of drug-likeness (QED) is 0.172. The first-order valence-electron chi connectivity index (χ1n) is 14.2. The number of hydrogen-bond donors (Lipinski definition) is 1. The van der Waals surface area contributed by atoms with Crippen LogP contribution < -0.4 is 19.8 Å². The fraction of sp³-hybridized carbons (Fsp3) is 0.455. The summed E-state index contributed by atoms with van der Waals surface area (Å²) in [5.74, 6) is 0.944. The second-order valence-electron chi connectivity index (χ2n) is 12.3. The molecule has 3 aromatic rings. The van der Waals surface area contributed by atoms with Gasteiger partial charge in [0.05, 0.1) is 21.8 Å². The second kappa shape index (κ2) is 13.7. The van der Waals surface area contributed by atoms with Crippen LogP contribution in [-0.4, -0.2) is 23.4 Å². The molecule has 3 aromatic carbocycles. The average Bonchev–Trinajstić information content (AvgIpc) is 2.89. The van der Waals surface area contributed by atoms with E-state index in [0.29, 0.717) is 16.6 Å². The Morgan fingerprint density at radius 3 is 1.62 bits per heavy atom. The summed E-state index contributed by atoms with van der Waals surface area (Å²) < 4.78 is 24.1. The van der Waals surface area contributed by atoms with E-state index in [9.17, 15) is 4.21 Å². The van der Waals surface area contributed by atoms with Crippen LogP contribution >= 0.6 is 7.92 Å². The summed E-state index contributed by atoms with van der Waals surface area (Å²) in [4.78, 5) is 0. The molecule has 0 bridgehead atoms. The van der Waals surface area contributed by atoms with Crippen LogP contribution in [0.2, 0.25) is 16.6 Å². The van der Waals surface area contributed by atoms with Crippen LogP contribution in [0.5, 0.6) is 5.75 Å². The molecule has 0 aliphatic rings. The highest BCUT2D eigenvalue weighted by Crippen LogP contribution is 2.46. The highest BCUT2D eigenvalue weighted by molar-refractivity contribution is 7.84. The Kier molecular flexibility index (Phi) is 11.2. The Morgan fingerprint density at radius 2 is 1.18 bits per heavy atom. The number of benzene rings is 3. The Balaban J connectivity index is 2.15. The summed E-state index contributed by atoms with van der Waals surface area (Å²) in [6, 6.07) is 29.9. The van der Waals surface area contributed by atoms with E-state index in [1.54, 1.807) is 0 Å². The Labute approximate surface area is 242 Å². The van der Waals surface area contributed by atoms with Crippen LogP contribution in [0.15, 0.2) is 84.9 Å². The highest BCUT2D eigenvalue weighted by atomic mass is 32.2. The minimum atomic E-state index is -2.19. The number of hydrogen-bond acceptors (Lipinski definition) is 2. The summed E-state index contributed by atoms with van der Waals surface area (Å²) in [6.07, 6.45) is 0.825. The molecule has 0 aromatic heterocycles. The van der Waals surface area contributed by atoms with Crippen molar-refractivity contribution in [1.29, 1.82) is 0 Å². The Morgan fingerprint density at radius 1 is 0.744 bits per heavy atom. The fourth-order valence-electron chi connectivity index (χ4n) is 5.67. The van der Waals surface area contributed by atoms with E-state index in [2.05, 4.69) is 131 Å². The Bertz CT molecular complexity index is 1130. The zero-order valence-electron chi connectivity index (χ0n) is 25.3. The van der Waals surface area contributed by atoms with Gasteiger partial charge < -0.3 is 4.43 Å². The molecule has 1 N–H and O–H groups in total. The lowest BCUT2D eigenvalue weighted by atomic mass is 10.1. The molecular weight excluding hydrogens is 533 g/mol. The molecule has 0 saturated heterocycles. The van der Waals surface area contributed by atoms with Crippen molar-refractivity contribution in [2.24, 2.45) is 0 Å². The lowest BCUT2D eigenvalue weighted by Gasteiger charge is -2.43. The molecule has 3 rings (SSSR count). The van der Waals surface area contributed by atoms with Crippen LogP contribution in [0, 0.1) is 0 Å². The monoisotopic (exact) mass is 581 g/mol. The highest BCUT2D eigenvalue weighted by Gasteiger charge is 2.47. The van der Waals surface area contributed by atoms with Gasteiger partial charge in [-0.05, 0) is 68.2 Å².